The standard InChI is InChI=1S/C27H34N6O3/c1-18-14-20(16-28)15-19(2)25(18)36-26-22-4-3-5-23(22)30-27(31-26)29-21-6-8-32(9-7-21)17-24(34)33-10-12-35-13-11-33/h14-15,21H,3-13,17H2,1-2H3,(H,29,30,31). The molecule has 0 saturated carbocycles. The van der Waals surface area contributed by atoms with Crippen molar-refractivity contribution in [3.63, 3.8) is 0 Å². The van der Waals surface area contributed by atoms with E-state index >= 15 is 0 Å². The molecule has 9 nitrogen and oxygen atoms in total. The quantitative estimate of drug-likeness (QED) is 0.659. The highest BCUT2D eigenvalue weighted by molar-refractivity contribution is 5.78. The maximum absolute atomic E-state index is 12.6. The highest BCUT2D eigenvalue weighted by Gasteiger charge is 2.26. The molecule has 9 heteroatoms. The first-order chi connectivity index (χ1) is 17.5. The predicted octanol–water partition coefficient (Wildman–Crippen LogP) is 2.98. The number of rotatable bonds is 6. The summed E-state index contributed by atoms with van der Waals surface area (Å²) in [5.74, 6) is 2.18. The van der Waals surface area contributed by atoms with Gasteiger partial charge in [0.1, 0.15) is 5.75 Å². The van der Waals surface area contributed by atoms with Crippen molar-refractivity contribution in [1.29, 1.82) is 5.26 Å². The van der Waals surface area contributed by atoms with Crippen molar-refractivity contribution in [2.45, 2.75) is 52.0 Å². The molecule has 1 amide bonds. The van der Waals surface area contributed by atoms with Crippen molar-refractivity contribution in [2.24, 2.45) is 0 Å². The number of carbonyl (C=O) groups excluding carboxylic acids is 1. The molecule has 1 N–H and O–H groups in total. The zero-order valence-electron chi connectivity index (χ0n) is 21.2. The van der Waals surface area contributed by atoms with Gasteiger partial charge in [0.15, 0.2) is 0 Å². The fourth-order valence-corrected chi connectivity index (χ4v) is 5.34. The second kappa shape index (κ2) is 10.8. The van der Waals surface area contributed by atoms with Gasteiger partial charge in [0, 0.05) is 37.8 Å². The highest BCUT2D eigenvalue weighted by Crippen LogP contribution is 2.35. The first-order valence-electron chi connectivity index (χ1n) is 12.9. The van der Waals surface area contributed by atoms with Crippen LogP contribution in [0.2, 0.25) is 0 Å². The number of amides is 1. The number of aromatic nitrogens is 2. The normalized spacial score (nSPS) is 18.5. The summed E-state index contributed by atoms with van der Waals surface area (Å²) in [6, 6.07) is 6.16. The summed E-state index contributed by atoms with van der Waals surface area (Å²) >= 11 is 0. The fraction of sp³-hybridized carbons (Fsp3) is 0.556. The summed E-state index contributed by atoms with van der Waals surface area (Å²) in [6.45, 7) is 8.78. The Balaban J connectivity index is 1.23. The molecule has 0 bridgehead atoms. The Labute approximate surface area is 212 Å². The Morgan fingerprint density at radius 1 is 1.14 bits per heavy atom. The van der Waals surface area contributed by atoms with E-state index in [1.165, 1.54) is 0 Å². The van der Waals surface area contributed by atoms with E-state index < -0.39 is 0 Å². The number of hydrogen-bond donors (Lipinski definition) is 1. The van der Waals surface area contributed by atoms with Gasteiger partial charge >= 0.3 is 0 Å². The van der Waals surface area contributed by atoms with E-state index in [0.717, 1.165) is 73.3 Å². The van der Waals surface area contributed by atoms with Crippen LogP contribution in [0.5, 0.6) is 11.6 Å². The molecule has 2 aromatic rings. The number of likely N-dealkylation sites (tertiary alicyclic amines) is 1. The third-order valence-corrected chi connectivity index (χ3v) is 7.33. The summed E-state index contributed by atoms with van der Waals surface area (Å²) < 4.78 is 11.7. The van der Waals surface area contributed by atoms with Crippen LogP contribution in [0.1, 0.15) is 47.2 Å². The number of morpholine rings is 1. The van der Waals surface area contributed by atoms with Crippen LogP contribution in [0.3, 0.4) is 0 Å². The molecule has 2 saturated heterocycles. The second-order valence-corrected chi connectivity index (χ2v) is 9.97. The zero-order chi connectivity index (χ0) is 25.1. The van der Waals surface area contributed by atoms with Crippen LogP contribution >= 0.6 is 0 Å². The molecule has 0 radical (unpaired) electrons. The molecule has 1 aromatic heterocycles. The lowest BCUT2D eigenvalue weighted by Gasteiger charge is -2.34. The summed E-state index contributed by atoms with van der Waals surface area (Å²) in [5.41, 5.74) is 4.61. The first kappa shape index (κ1) is 24.5. The van der Waals surface area contributed by atoms with Crippen LogP contribution < -0.4 is 10.1 Å². The lowest BCUT2D eigenvalue weighted by atomic mass is 10.1. The van der Waals surface area contributed by atoms with Crippen molar-refractivity contribution >= 4 is 11.9 Å². The number of benzene rings is 1. The number of nitrogens with zero attached hydrogens (tertiary/aromatic N) is 5. The molecule has 5 rings (SSSR count). The minimum absolute atomic E-state index is 0.196. The monoisotopic (exact) mass is 490 g/mol. The van der Waals surface area contributed by atoms with Crippen LogP contribution in [0.25, 0.3) is 0 Å². The van der Waals surface area contributed by atoms with Gasteiger partial charge in [-0.1, -0.05) is 0 Å². The van der Waals surface area contributed by atoms with Gasteiger partial charge in [-0.05, 0) is 69.2 Å². The molecule has 1 aliphatic carbocycles. The first-order valence-corrected chi connectivity index (χ1v) is 12.9. The number of hydrogen-bond acceptors (Lipinski definition) is 8. The number of anilines is 1. The van der Waals surface area contributed by atoms with Crippen molar-refractivity contribution in [3.8, 4) is 17.7 Å². The van der Waals surface area contributed by atoms with E-state index in [1.54, 1.807) is 0 Å². The molecular formula is C27H34N6O3. The van der Waals surface area contributed by atoms with Gasteiger partial charge in [0.25, 0.3) is 0 Å². The van der Waals surface area contributed by atoms with Crippen LogP contribution in [-0.4, -0.2) is 77.7 Å². The number of nitrogens with one attached hydrogen (secondary N) is 1. The molecule has 3 aliphatic rings. The molecule has 2 aliphatic heterocycles. The van der Waals surface area contributed by atoms with Gasteiger partial charge in [-0.25, -0.2) is 4.98 Å². The number of ether oxygens (including phenoxy) is 2. The van der Waals surface area contributed by atoms with E-state index in [2.05, 4.69) is 16.3 Å². The van der Waals surface area contributed by atoms with Gasteiger partial charge in [-0.2, -0.15) is 10.2 Å². The minimum Gasteiger partial charge on any atom is -0.438 e. The zero-order valence-corrected chi connectivity index (χ0v) is 21.2. The summed E-state index contributed by atoms with van der Waals surface area (Å²) in [7, 11) is 0. The molecular weight excluding hydrogens is 456 g/mol. The Hall–Kier alpha value is -3.22. The fourth-order valence-electron chi connectivity index (χ4n) is 5.34. The third kappa shape index (κ3) is 5.45. The summed E-state index contributed by atoms with van der Waals surface area (Å²) in [5, 5.41) is 12.8. The number of aryl methyl sites for hydroxylation is 3. The Morgan fingerprint density at radius 2 is 1.86 bits per heavy atom. The van der Waals surface area contributed by atoms with Crippen LogP contribution in [0.4, 0.5) is 5.95 Å². The summed E-state index contributed by atoms with van der Waals surface area (Å²) in [4.78, 5) is 26.3. The van der Waals surface area contributed by atoms with E-state index in [0.29, 0.717) is 50.2 Å². The van der Waals surface area contributed by atoms with Gasteiger partial charge in [0.2, 0.25) is 17.7 Å². The average Bonchev–Trinajstić information content (AvgIpc) is 3.36. The van der Waals surface area contributed by atoms with Crippen molar-refractivity contribution in [1.82, 2.24) is 19.8 Å². The number of nitriles is 1. The van der Waals surface area contributed by atoms with Crippen LogP contribution in [-0.2, 0) is 22.4 Å². The molecule has 1 aromatic carbocycles. The lowest BCUT2D eigenvalue weighted by Crippen LogP contribution is -2.48. The Bertz CT molecular complexity index is 1140. The van der Waals surface area contributed by atoms with Gasteiger partial charge in [0.05, 0.1) is 37.1 Å². The Kier molecular flexibility index (Phi) is 7.35. The largest absolute Gasteiger partial charge is 0.438 e. The topological polar surface area (TPSA) is 104 Å². The number of fused-ring (bicyclic) bond motifs is 1. The lowest BCUT2D eigenvalue weighted by molar-refractivity contribution is -0.136. The van der Waals surface area contributed by atoms with Crippen molar-refractivity contribution in [2.75, 3.05) is 51.3 Å². The number of piperidine rings is 1. The highest BCUT2D eigenvalue weighted by atomic mass is 16.5. The van der Waals surface area contributed by atoms with Crippen molar-refractivity contribution in [3.05, 3.63) is 40.1 Å². The number of carbonyl (C=O) groups is 1. The SMILES string of the molecule is Cc1cc(C#N)cc(C)c1Oc1nc(NC2CCN(CC(=O)N3CCOCC3)CC2)nc2c1CCC2. The van der Waals surface area contributed by atoms with Crippen LogP contribution in [0.15, 0.2) is 12.1 Å². The van der Waals surface area contributed by atoms with Crippen molar-refractivity contribution < 1.29 is 14.3 Å². The maximum atomic E-state index is 12.6. The molecule has 0 spiro atoms. The Morgan fingerprint density at radius 3 is 2.56 bits per heavy atom. The average molecular weight is 491 g/mol. The smallest absolute Gasteiger partial charge is 0.236 e. The molecule has 2 fully saturated rings. The molecule has 190 valence electrons. The maximum Gasteiger partial charge on any atom is 0.236 e. The van der Waals surface area contributed by atoms with E-state index in [1.807, 2.05) is 30.9 Å². The third-order valence-electron chi connectivity index (χ3n) is 7.33. The minimum atomic E-state index is 0.196. The predicted molar refractivity (Wildman–Crippen MR) is 135 cm³/mol. The molecule has 0 unspecified atom stereocenters. The van der Waals surface area contributed by atoms with Gasteiger partial charge < -0.3 is 19.7 Å². The molecule has 36 heavy (non-hydrogen) atoms. The molecule has 3 heterocycles. The van der Waals surface area contributed by atoms with E-state index in [-0.39, 0.29) is 11.9 Å². The van der Waals surface area contributed by atoms with E-state index in [4.69, 9.17) is 19.4 Å². The second-order valence-electron chi connectivity index (χ2n) is 9.97. The van der Waals surface area contributed by atoms with Gasteiger partial charge in [-0.15, -0.1) is 0 Å². The van der Waals surface area contributed by atoms with Crippen LogP contribution in [0, 0.1) is 25.2 Å². The molecule has 0 atom stereocenters. The van der Waals surface area contributed by atoms with Gasteiger partial charge in [-0.3, -0.25) is 9.69 Å². The summed E-state index contributed by atoms with van der Waals surface area (Å²) in [6.07, 6.45) is 4.75. The van der Waals surface area contributed by atoms with E-state index in [9.17, 15) is 10.1 Å².